The van der Waals surface area contributed by atoms with E-state index in [4.69, 9.17) is 14.9 Å². The van der Waals surface area contributed by atoms with Gasteiger partial charge in [0, 0.05) is 5.39 Å². The fourth-order valence-electron chi connectivity index (χ4n) is 2.43. The van der Waals surface area contributed by atoms with Crippen molar-refractivity contribution in [2.45, 2.75) is 0 Å². The van der Waals surface area contributed by atoms with E-state index in [1.807, 2.05) is 0 Å². The summed E-state index contributed by atoms with van der Waals surface area (Å²) in [5.41, 5.74) is 4.70. The Morgan fingerprint density at radius 2 is 2.00 bits per heavy atom. The number of amides is 1. The minimum atomic E-state index is -0.901. The zero-order valence-electron chi connectivity index (χ0n) is 12.5. The average molecular weight is 329 g/mol. The highest BCUT2D eigenvalue weighted by atomic mass is 19.1. The molecule has 122 valence electrons. The molecule has 0 spiro atoms. The van der Waals surface area contributed by atoms with Gasteiger partial charge in [0.15, 0.2) is 17.1 Å². The zero-order chi connectivity index (χ0) is 17.4. The number of phenolic OH excluding ortho intramolecular Hbond substituents is 1. The quantitative estimate of drug-likeness (QED) is 0.718. The Bertz CT molecular complexity index is 1030. The number of primary amides is 1. The number of fused-ring (bicyclic) bond motifs is 1. The van der Waals surface area contributed by atoms with Gasteiger partial charge in [0.05, 0.1) is 18.2 Å². The van der Waals surface area contributed by atoms with Crippen LogP contribution in [0.3, 0.4) is 0 Å². The number of carbonyl (C=O) groups is 1. The molecular weight excluding hydrogens is 317 g/mol. The summed E-state index contributed by atoms with van der Waals surface area (Å²) in [5, 5.41) is 9.84. The lowest BCUT2D eigenvalue weighted by atomic mass is 10.0. The predicted octanol–water partition coefficient (Wildman–Crippen LogP) is 2.41. The SMILES string of the molecule is COc1cc(-c2cc3cc(F)cc(C(N)=O)c3oc2=O)ccc1O. The molecule has 0 saturated heterocycles. The molecule has 2 aromatic carbocycles. The first-order valence-corrected chi connectivity index (χ1v) is 6.85. The number of aromatic hydroxyl groups is 1. The van der Waals surface area contributed by atoms with E-state index in [1.54, 1.807) is 0 Å². The molecule has 0 radical (unpaired) electrons. The van der Waals surface area contributed by atoms with Crippen molar-refractivity contribution in [2.24, 2.45) is 5.73 Å². The van der Waals surface area contributed by atoms with Crippen molar-refractivity contribution in [1.82, 2.24) is 0 Å². The Hall–Kier alpha value is -3.35. The van der Waals surface area contributed by atoms with E-state index < -0.39 is 17.3 Å². The van der Waals surface area contributed by atoms with E-state index in [0.717, 1.165) is 12.1 Å². The van der Waals surface area contributed by atoms with Gasteiger partial charge in [0.1, 0.15) is 5.82 Å². The van der Waals surface area contributed by atoms with E-state index in [0.29, 0.717) is 5.56 Å². The second kappa shape index (κ2) is 5.69. The Morgan fingerprint density at radius 3 is 2.67 bits per heavy atom. The van der Waals surface area contributed by atoms with Crippen molar-refractivity contribution >= 4 is 16.9 Å². The van der Waals surface area contributed by atoms with Gasteiger partial charge in [-0.15, -0.1) is 0 Å². The Kier molecular flexibility index (Phi) is 3.69. The lowest BCUT2D eigenvalue weighted by molar-refractivity contribution is 0.100. The molecule has 0 aliphatic rings. The van der Waals surface area contributed by atoms with Gasteiger partial charge in [0.2, 0.25) is 0 Å². The third-order valence-corrected chi connectivity index (χ3v) is 3.55. The van der Waals surface area contributed by atoms with Gasteiger partial charge < -0.3 is 20.0 Å². The van der Waals surface area contributed by atoms with Gasteiger partial charge in [-0.2, -0.15) is 0 Å². The van der Waals surface area contributed by atoms with E-state index in [-0.39, 0.29) is 33.6 Å². The van der Waals surface area contributed by atoms with Gasteiger partial charge in [0.25, 0.3) is 5.91 Å². The minimum Gasteiger partial charge on any atom is -0.504 e. The van der Waals surface area contributed by atoms with Gasteiger partial charge in [-0.05, 0) is 35.9 Å². The van der Waals surface area contributed by atoms with Crippen LogP contribution in [0.15, 0.2) is 45.6 Å². The average Bonchev–Trinajstić information content (AvgIpc) is 2.54. The van der Waals surface area contributed by atoms with Crippen LogP contribution >= 0.6 is 0 Å². The Labute approximate surface area is 134 Å². The number of methoxy groups -OCH3 is 1. The van der Waals surface area contributed by atoms with Crippen molar-refractivity contribution in [2.75, 3.05) is 7.11 Å². The summed E-state index contributed by atoms with van der Waals surface area (Å²) in [5.74, 6) is -1.50. The highest BCUT2D eigenvalue weighted by molar-refractivity contribution is 6.04. The highest BCUT2D eigenvalue weighted by Crippen LogP contribution is 2.31. The minimum absolute atomic E-state index is 0.0802. The molecule has 6 nitrogen and oxygen atoms in total. The standard InChI is InChI=1S/C17H12FNO5/c1-23-14-6-8(2-3-13(14)20)11-5-9-4-10(18)7-12(16(19)21)15(9)24-17(11)22/h2-7,20H,1H3,(H2,19,21). The van der Waals surface area contributed by atoms with E-state index in [2.05, 4.69) is 0 Å². The maximum Gasteiger partial charge on any atom is 0.344 e. The third-order valence-electron chi connectivity index (χ3n) is 3.55. The summed E-state index contributed by atoms with van der Waals surface area (Å²) in [7, 11) is 1.37. The molecule has 0 fully saturated rings. The van der Waals surface area contributed by atoms with Crippen LogP contribution in [0.5, 0.6) is 11.5 Å². The number of ether oxygens (including phenoxy) is 1. The molecular formula is C17H12FNO5. The zero-order valence-corrected chi connectivity index (χ0v) is 12.5. The lowest BCUT2D eigenvalue weighted by Crippen LogP contribution is -2.13. The van der Waals surface area contributed by atoms with E-state index in [1.165, 1.54) is 31.4 Å². The van der Waals surface area contributed by atoms with Gasteiger partial charge in [-0.3, -0.25) is 4.79 Å². The lowest BCUT2D eigenvalue weighted by Gasteiger charge is -2.08. The summed E-state index contributed by atoms with van der Waals surface area (Å²) in [4.78, 5) is 23.7. The maximum atomic E-state index is 13.7. The molecule has 0 unspecified atom stereocenters. The van der Waals surface area contributed by atoms with Crippen LogP contribution in [0.4, 0.5) is 4.39 Å². The first-order valence-electron chi connectivity index (χ1n) is 6.85. The molecule has 0 aliphatic heterocycles. The number of hydrogen-bond acceptors (Lipinski definition) is 5. The first kappa shape index (κ1) is 15.5. The third kappa shape index (κ3) is 2.56. The molecule has 0 bridgehead atoms. The van der Waals surface area contributed by atoms with Crippen LogP contribution < -0.4 is 16.1 Å². The number of hydrogen-bond donors (Lipinski definition) is 2. The Balaban J connectivity index is 2.29. The number of halogens is 1. The first-order chi connectivity index (χ1) is 11.4. The molecule has 0 atom stereocenters. The largest absolute Gasteiger partial charge is 0.504 e. The van der Waals surface area contributed by atoms with Crippen molar-refractivity contribution in [3.8, 4) is 22.6 Å². The van der Waals surface area contributed by atoms with Gasteiger partial charge in [-0.25, -0.2) is 9.18 Å². The van der Waals surface area contributed by atoms with E-state index in [9.17, 15) is 19.1 Å². The molecule has 3 rings (SSSR count). The molecule has 7 heteroatoms. The van der Waals surface area contributed by atoms with Gasteiger partial charge >= 0.3 is 5.63 Å². The number of phenols is 1. The number of nitrogens with two attached hydrogens (primary N) is 1. The van der Waals surface area contributed by atoms with Crippen molar-refractivity contribution in [3.05, 3.63) is 58.2 Å². The van der Waals surface area contributed by atoms with Crippen LogP contribution in [-0.2, 0) is 0 Å². The van der Waals surface area contributed by atoms with Crippen molar-refractivity contribution in [3.63, 3.8) is 0 Å². The molecule has 1 amide bonds. The van der Waals surface area contributed by atoms with Crippen LogP contribution in [0.25, 0.3) is 22.1 Å². The highest BCUT2D eigenvalue weighted by Gasteiger charge is 2.16. The van der Waals surface area contributed by atoms with E-state index >= 15 is 0 Å². The topological polar surface area (TPSA) is 103 Å². The number of rotatable bonds is 3. The number of carbonyl (C=O) groups excluding carboxylic acids is 1. The van der Waals surface area contributed by atoms with Crippen molar-refractivity contribution in [1.29, 1.82) is 0 Å². The van der Waals surface area contributed by atoms with Crippen LogP contribution in [0.1, 0.15) is 10.4 Å². The van der Waals surface area contributed by atoms with Crippen LogP contribution in [0.2, 0.25) is 0 Å². The van der Waals surface area contributed by atoms with Crippen molar-refractivity contribution < 1.29 is 23.4 Å². The second-order valence-electron chi connectivity index (χ2n) is 5.07. The fraction of sp³-hybridized carbons (Fsp3) is 0.0588. The summed E-state index contributed by atoms with van der Waals surface area (Å²) in [6.45, 7) is 0. The van der Waals surface area contributed by atoms with Gasteiger partial charge in [-0.1, -0.05) is 6.07 Å². The molecule has 1 aromatic heterocycles. The van der Waals surface area contributed by atoms with Crippen LogP contribution in [0, 0.1) is 5.82 Å². The summed E-state index contributed by atoms with van der Waals surface area (Å²) in [6, 6.07) is 7.73. The molecule has 0 saturated carbocycles. The summed E-state index contributed by atoms with van der Waals surface area (Å²) < 4.78 is 23.9. The normalized spacial score (nSPS) is 10.8. The monoisotopic (exact) mass is 329 g/mol. The predicted molar refractivity (Wildman–Crippen MR) is 84.6 cm³/mol. The molecule has 0 aliphatic carbocycles. The number of benzene rings is 2. The smallest absolute Gasteiger partial charge is 0.344 e. The van der Waals surface area contributed by atoms with Crippen LogP contribution in [-0.4, -0.2) is 18.1 Å². The Morgan fingerprint density at radius 1 is 1.25 bits per heavy atom. The molecule has 1 heterocycles. The fourth-order valence-corrected chi connectivity index (χ4v) is 2.43. The summed E-state index contributed by atoms with van der Waals surface area (Å²) >= 11 is 0. The maximum absolute atomic E-state index is 13.7. The second-order valence-corrected chi connectivity index (χ2v) is 5.07. The summed E-state index contributed by atoms with van der Waals surface area (Å²) in [6.07, 6.45) is 0. The molecule has 3 aromatic rings. The molecule has 3 N–H and O–H groups in total. The molecule has 24 heavy (non-hydrogen) atoms.